The summed E-state index contributed by atoms with van der Waals surface area (Å²) in [6.07, 6.45) is 7.93. The zero-order chi connectivity index (χ0) is 10.6. The molecule has 0 saturated heterocycles. The number of aromatic nitrogens is 2. The van der Waals surface area contributed by atoms with Gasteiger partial charge in [0.05, 0.1) is 11.9 Å². The fraction of sp³-hybridized carbons (Fsp3) is 0.455. The number of rotatable bonds is 0. The van der Waals surface area contributed by atoms with Gasteiger partial charge in [0.15, 0.2) is 5.82 Å². The van der Waals surface area contributed by atoms with Gasteiger partial charge in [-0.25, -0.2) is 9.66 Å². The minimum atomic E-state index is 0.395. The van der Waals surface area contributed by atoms with Gasteiger partial charge in [-0.3, -0.25) is 0 Å². The van der Waals surface area contributed by atoms with Gasteiger partial charge in [-0.1, -0.05) is 26.8 Å². The van der Waals surface area contributed by atoms with Gasteiger partial charge in [0.2, 0.25) is 0 Å². The lowest BCUT2D eigenvalue weighted by Gasteiger charge is -1.92. The van der Waals surface area contributed by atoms with Crippen molar-refractivity contribution in [3.63, 3.8) is 0 Å². The van der Waals surface area contributed by atoms with E-state index < -0.39 is 0 Å². The Labute approximate surface area is 85.2 Å². The normalized spacial score (nSPS) is 18.1. The summed E-state index contributed by atoms with van der Waals surface area (Å²) in [6.45, 7) is 8.06. The van der Waals surface area contributed by atoms with Gasteiger partial charge in [0.1, 0.15) is 0 Å². The van der Waals surface area contributed by atoms with E-state index in [0.717, 1.165) is 11.5 Å². The average Bonchev–Trinajstić information content (AvgIpc) is 2.47. The Bertz CT molecular complexity index is 316. The zero-order valence-electron chi connectivity index (χ0n) is 9.23. The van der Waals surface area contributed by atoms with E-state index in [1.807, 2.05) is 39.3 Å². The van der Waals surface area contributed by atoms with Crippen LogP contribution in [0.25, 0.3) is 6.08 Å². The molecule has 2 heterocycles. The second kappa shape index (κ2) is 4.74. The van der Waals surface area contributed by atoms with Crippen molar-refractivity contribution >= 4 is 12.3 Å². The molecule has 0 bridgehead atoms. The fourth-order valence-electron chi connectivity index (χ4n) is 1.17. The standard InChI is InChI=1S/C9H11N3.C2H6/c1-7-3-4-9-11-8(2)6-12(9)10-5-7;1-2/h3-7H,1-2H3;1-2H3. The molecule has 0 N–H and O–H groups in total. The lowest BCUT2D eigenvalue weighted by molar-refractivity contribution is 0.860. The van der Waals surface area contributed by atoms with Gasteiger partial charge in [-0.2, -0.15) is 5.10 Å². The number of fused-ring (bicyclic) bond motifs is 1. The van der Waals surface area contributed by atoms with Crippen molar-refractivity contribution < 1.29 is 0 Å². The van der Waals surface area contributed by atoms with Crippen LogP contribution in [0.1, 0.15) is 32.3 Å². The van der Waals surface area contributed by atoms with Crippen molar-refractivity contribution in [1.29, 1.82) is 0 Å². The predicted octanol–water partition coefficient (Wildman–Crippen LogP) is 2.71. The minimum absolute atomic E-state index is 0.395. The highest BCUT2D eigenvalue weighted by atomic mass is 15.4. The molecule has 76 valence electrons. The van der Waals surface area contributed by atoms with Crippen molar-refractivity contribution in [2.24, 2.45) is 11.0 Å². The Morgan fingerprint density at radius 3 is 2.79 bits per heavy atom. The maximum atomic E-state index is 4.31. The molecular formula is C11H17N3. The van der Waals surface area contributed by atoms with Crippen molar-refractivity contribution in [3.8, 4) is 0 Å². The summed E-state index contributed by atoms with van der Waals surface area (Å²) in [5.74, 6) is 1.31. The van der Waals surface area contributed by atoms with Crippen LogP contribution in [0, 0.1) is 12.8 Å². The predicted molar refractivity (Wildman–Crippen MR) is 60.4 cm³/mol. The third-order valence-electron chi connectivity index (χ3n) is 1.81. The summed E-state index contributed by atoms with van der Waals surface area (Å²) in [5, 5.41) is 4.26. The monoisotopic (exact) mass is 191 g/mol. The van der Waals surface area contributed by atoms with E-state index in [4.69, 9.17) is 0 Å². The second-order valence-electron chi connectivity index (χ2n) is 3.07. The summed E-state index contributed by atoms with van der Waals surface area (Å²) in [7, 11) is 0. The first-order chi connectivity index (χ1) is 6.75. The van der Waals surface area contributed by atoms with Crippen LogP contribution in [0.5, 0.6) is 0 Å². The molecule has 0 spiro atoms. The quantitative estimate of drug-likeness (QED) is 0.620. The molecule has 0 amide bonds. The summed E-state index contributed by atoms with van der Waals surface area (Å²) in [4.78, 5) is 4.31. The van der Waals surface area contributed by atoms with Gasteiger partial charge in [-0.15, -0.1) is 0 Å². The number of allylic oxidation sites excluding steroid dienone is 1. The van der Waals surface area contributed by atoms with Crippen LogP contribution < -0.4 is 0 Å². The molecule has 0 radical (unpaired) electrons. The Kier molecular flexibility index (Phi) is 3.63. The molecule has 1 aromatic heterocycles. The third kappa shape index (κ3) is 2.31. The van der Waals surface area contributed by atoms with Crippen LogP contribution in [0.4, 0.5) is 0 Å². The molecule has 1 atom stereocenters. The van der Waals surface area contributed by atoms with Gasteiger partial charge in [0.25, 0.3) is 0 Å². The molecule has 0 saturated carbocycles. The van der Waals surface area contributed by atoms with E-state index in [1.165, 1.54) is 0 Å². The van der Waals surface area contributed by atoms with Crippen molar-refractivity contribution in [1.82, 2.24) is 9.66 Å². The SMILES string of the molecule is CC.Cc1cn2c(n1)C=CC(C)C=N2. The third-order valence-corrected chi connectivity index (χ3v) is 1.81. The number of aryl methyl sites for hydroxylation is 1. The van der Waals surface area contributed by atoms with Crippen LogP contribution in [-0.4, -0.2) is 15.9 Å². The number of nitrogens with zero attached hydrogens (tertiary/aromatic N) is 3. The van der Waals surface area contributed by atoms with Gasteiger partial charge < -0.3 is 0 Å². The topological polar surface area (TPSA) is 30.2 Å². The largest absolute Gasteiger partial charge is 0.232 e. The van der Waals surface area contributed by atoms with Crippen molar-refractivity contribution in [3.05, 3.63) is 23.8 Å². The first-order valence-corrected chi connectivity index (χ1v) is 5.04. The molecule has 0 fully saturated rings. The van der Waals surface area contributed by atoms with Gasteiger partial charge in [0, 0.05) is 12.1 Å². The molecule has 3 nitrogen and oxygen atoms in total. The molecular weight excluding hydrogens is 174 g/mol. The maximum absolute atomic E-state index is 4.31. The molecule has 2 rings (SSSR count). The maximum Gasteiger partial charge on any atom is 0.153 e. The molecule has 1 aliphatic rings. The van der Waals surface area contributed by atoms with Gasteiger partial charge in [-0.05, 0) is 13.0 Å². The average molecular weight is 191 g/mol. The highest BCUT2D eigenvalue weighted by molar-refractivity contribution is 5.66. The Hall–Kier alpha value is -1.38. The van der Waals surface area contributed by atoms with Crippen LogP contribution in [0.2, 0.25) is 0 Å². The number of imidazole rings is 1. The van der Waals surface area contributed by atoms with Crippen LogP contribution in [0.3, 0.4) is 0 Å². The number of hydrogen-bond donors (Lipinski definition) is 0. The fourth-order valence-corrected chi connectivity index (χ4v) is 1.17. The Balaban J connectivity index is 0.000000461. The second-order valence-corrected chi connectivity index (χ2v) is 3.07. The smallest absolute Gasteiger partial charge is 0.153 e. The van der Waals surface area contributed by atoms with E-state index in [1.54, 1.807) is 4.68 Å². The zero-order valence-corrected chi connectivity index (χ0v) is 9.23. The van der Waals surface area contributed by atoms with Gasteiger partial charge >= 0.3 is 0 Å². The molecule has 1 aliphatic heterocycles. The van der Waals surface area contributed by atoms with E-state index in [0.29, 0.717) is 5.92 Å². The van der Waals surface area contributed by atoms with Crippen molar-refractivity contribution in [2.75, 3.05) is 0 Å². The van der Waals surface area contributed by atoms with E-state index in [-0.39, 0.29) is 0 Å². The van der Waals surface area contributed by atoms with E-state index >= 15 is 0 Å². The Morgan fingerprint density at radius 2 is 2.07 bits per heavy atom. The first kappa shape index (κ1) is 10.7. The highest BCUT2D eigenvalue weighted by Crippen LogP contribution is 2.09. The van der Waals surface area contributed by atoms with Crippen molar-refractivity contribution in [2.45, 2.75) is 27.7 Å². The summed E-state index contributed by atoms with van der Waals surface area (Å²) >= 11 is 0. The van der Waals surface area contributed by atoms with Crippen LogP contribution in [-0.2, 0) is 0 Å². The lowest BCUT2D eigenvalue weighted by atomic mass is 10.2. The summed E-state index contributed by atoms with van der Waals surface area (Å²) < 4.78 is 1.80. The molecule has 0 aromatic carbocycles. The summed E-state index contributed by atoms with van der Waals surface area (Å²) in [6, 6.07) is 0. The molecule has 0 aliphatic carbocycles. The molecule has 1 unspecified atom stereocenters. The van der Waals surface area contributed by atoms with Crippen LogP contribution in [0.15, 0.2) is 17.4 Å². The first-order valence-electron chi connectivity index (χ1n) is 5.04. The highest BCUT2D eigenvalue weighted by Gasteiger charge is 2.04. The Morgan fingerprint density at radius 1 is 1.36 bits per heavy atom. The molecule has 1 aromatic rings. The lowest BCUT2D eigenvalue weighted by Crippen LogP contribution is -1.91. The minimum Gasteiger partial charge on any atom is -0.232 e. The number of hydrogen-bond acceptors (Lipinski definition) is 2. The summed E-state index contributed by atoms with van der Waals surface area (Å²) in [5.41, 5.74) is 1.00. The van der Waals surface area contributed by atoms with E-state index in [9.17, 15) is 0 Å². The van der Waals surface area contributed by atoms with E-state index in [2.05, 4.69) is 23.1 Å². The molecule has 3 heteroatoms. The van der Waals surface area contributed by atoms with Crippen LogP contribution >= 0.6 is 0 Å². The molecule has 14 heavy (non-hydrogen) atoms.